The van der Waals surface area contributed by atoms with Crippen LogP contribution in [0.5, 0.6) is 0 Å². The zero-order chi connectivity index (χ0) is 6.91. The Morgan fingerprint density at radius 1 is 1.56 bits per heavy atom. The number of isothiocyanates is 1. The Kier molecular flexibility index (Phi) is 1.69. The fourth-order valence-electron chi connectivity index (χ4n) is 0.999. The molecule has 0 aromatic rings. The van der Waals surface area contributed by atoms with Gasteiger partial charge in [-0.1, -0.05) is 0 Å². The van der Waals surface area contributed by atoms with Crippen molar-refractivity contribution in [3.63, 3.8) is 0 Å². The molecule has 0 saturated heterocycles. The Bertz CT molecular complexity index is 152. The van der Waals surface area contributed by atoms with Gasteiger partial charge in [0.25, 0.3) is 0 Å². The number of nitrogens with zero attached hydrogens (tertiary/aromatic N) is 1. The molecule has 0 bridgehead atoms. The lowest BCUT2D eigenvalue weighted by Gasteiger charge is -2.15. The third-order valence-corrected chi connectivity index (χ3v) is 2.00. The summed E-state index contributed by atoms with van der Waals surface area (Å²) in [4.78, 5) is 4.08. The van der Waals surface area contributed by atoms with E-state index in [9.17, 15) is 0 Å². The summed E-state index contributed by atoms with van der Waals surface area (Å²) < 4.78 is 0. The van der Waals surface area contributed by atoms with Gasteiger partial charge in [0.15, 0.2) is 0 Å². The topological polar surface area (TPSA) is 12.4 Å². The Labute approximate surface area is 61.2 Å². The monoisotopic (exact) mass is 141 g/mol. The summed E-state index contributed by atoms with van der Waals surface area (Å²) in [6.07, 6.45) is 2.63. The molecule has 0 unspecified atom stereocenters. The summed E-state index contributed by atoms with van der Waals surface area (Å²) >= 11 is 4.53. The number of rotatable bonds is 2. The van der Waals surface area contributed by atoms with E-state index < -0.39 is 0 Å². The van der Waals surface area contributed by atoms with Crippen molar-refractivity contribution in [1.29, 1.82) is 0 Å². The van der Waals surface area contributed by atoms with Crippen LogP contribution in [0.4, 0.5) is 0 Å². The number of hydrogen-bond donors (Lipinski definition) is 0. The first kappa shape index (κ1) is 6.91. The van der Waals surface area contributed by atoms with E-state index >= 15 is 0 Å². The van der Waals surface area contributed by atoms with Gasteiger partial charge in [-0.05, 0) is 44.8 Å². The Balaban J connectivity index is 2.58. The van der Waals surface area contributed by atoms with Gasteiger partial charge in [-0.3, -0.25) is 0 Å². The molecule has 0 aliphatic heterocycles. The van der Waals surface area contributed by atoms with Crippen LogP contribution in [0.25, 0.3) is 0 Å². The molecule has 1 nitrogen and oxygen atoms in total. The van der Waals surface area contributed by atoms with Gasteiger partial charge in [-0.15, -0.1) is 0 Å². The Morgan fingerprint density at radius 2 is 2.11 bits per heavy atom. The average molecular weight is 141 g/mol. The van der Waals surface area contributed by atoms with Crippen LogP contribution in [0, 0.1) is 5.92 Å². The Hall–Kier alpha value is -0.200. The first-order chi connectivity index (χ1) is 4.17. The number of aliphatic imine (C=N–C) groups is 1. The summed E-state index contributed by atoms with van der Waals surface area (Å²) in [5, 5.41) is 2.44. The zero-order valence-electron chi connectivity index (χ0n) is 5.85. The van der Waals surface area contributed by atoms with Crippen LogP contribution in [-0.2, 0) is 0 Å². The molecule has 1 aliphatic rings. The largest absolute Gasteiger partial charge is 0.226 e. The minimum atomic E-state index is 0.0712. The van der Waals surface area contributed by atoms with Crippen LogP contribution in [0.3, 0.4) is 0 Å². The van der Waals surface area contributed by atoms with Crippen LogP contribution in [0.1, 0.15) is 26.7 Å². The minimum absolute atomic E-state index is 0.0712. The van der Waals surface area contributed by atoms with Crippen molar-refractivity contribution < 1.29 is 0 Å². The summed E-state index contributed by atoms with van der Waals surface area (Å²) in [5.74, 6) is 0.771. The smallest absolute Gasteiger partial charge is 0.0683 e. The van der Waals surface area contributed by atoms with Crippen LogP contribution in [-0.4, -0.2) is 10.7 Å². The van der Waals surface area contributed by atoms with Gasteiger partial charge in [-0.2, -0.15) is 0 Å². The summed E-state index contributed by atoms with van der Waals surface area (Å²) in [6.45, 7) is 4.23. The molecule has 9 heavy (non-hydrogen) atoms. The highest BCUT2D eigenvalue weighted by atomic mass is 32.1. The van der Waals surface area contributed by atoms with E-state index in [1.807, 2.05) is 0 Å². The zero-order valence-corrected chi connectivity index (χ0v) is 6.66. The maximum atomic E-state index is 4.53. The highest BCUT2D eigenvalue weighted by Crippen LogP contribution is 2.41. The molecule has 2 heteroatoms. The molecule has 0 radical (unpaired) electrons. The maximum absolute atomic E-state index is 4.53. The summed E-state index contributed by atoms with van der Waals surface area (Å²) in [7, 11) is 0. The predicted molar refractivity (Wildman–Crippen MR) is 41.8 cm³/mol. The molecule has 0 amide bonds. The molecule has 50 valence electrons. The normalized spacial score (nSPS) is 18.9. The van der Waals surface area contributed by atoms with Crippen LogP contribution < -0.4 is 0 Å². The first-order valence-electron chi connectivity index (χ1n) is 3.26. The number of hydrogen-bond acceptors (Lipinski definition) is 2. The van der Waals surface area contributed by atoms with E-state index in [1.165, 1.54) is 12.8 Å². The van der Waals surface area contributed by atoms with Crippen molar-refractivity contribution >= 4 is 17.4 Å². The van der Waals surface area contributed by atoms with Gasteiger partial charge in [0.1, 0.15) is 0 Å². The second-order valence-corrected chi connectivity index (χ2v) is 3.31. The molecule has 1 saturated carbocycles. The number of thiocarbonyl (C=S) groups is 1. The van der Waals surface area contributed by atoms with Crippen molar-refractivity contribution in [1.82, 2.24) is 0 Å². The summed E-state index contributed by atoms with van der Waals surface area (Å²) in [6, 6.07) is 0. The molecule has 1 aliphatic carbocycles. The van der Waals surface area contributed by atoms with E-state index in [2.05, 4.69) is 36.2 Å². The SMILES string of the molecule is CC(C)(N=C=S)C1CC1. The van der Waals surface area contributed by atoms with Crippen molar-refractivity contribution in [3.8, 4) is 0 Å². The fraction of sp³-hybridized carbons (Fsp3) is 0.857. The lowest BCUT2D eigenvalue weighted by molar-refractivity contribution is 0.459. The molecular weight excluding hydrogens is 130 g/mol. The first-order valence-corrected chi connectivity index (χ1v) is 3.66. The van der Waals surface area contributed by atoms with E-state index in [1.54, 1.807) is 0 Å². The van der Waals surface area contributed by atoms with Gasteiger partial charge in [0, 0.05) is 0 Å². The van der Waals surface area contributed by atoms with Crippen molar-refractivity contribution in [2.24, 2.45) is 10.9 Å². The second kappa shape index (κ2) is 2.20. The van der Waals surface area contributed by atoms with Gasteiger partial charge >= 0.3 is 0 Å². The Morgan fingerprint density at radius 3 is 2.44 bits per heavy atom. The van der Waals surface area contributed by atoms with E-state index in [0.717, 1.165) is 5.92 Å². The summed E-state index contributed by atoms with van der Waals surface area (Å²) in [5.41, 5.74) is 0.0712. The van der Waals surface area contributed by atoms with Crippen molar-refractivity contribution in [2.45, 2.75) is 32.2 Å². The average Bonchev–Trinajstić information content (AvgIpc) is 2.41. The van der Waals surface area contributed by atoms with Crippen molar-refractivity contribution in [3.05, 3.63) is 0 Å². The molecular formula is C7H11NS. The molecule has 0 N–H and O–H groups in total. The van der Waals surface area contributed by atoms with Crippen LogP contribution in [0.15, 0.2) is 4.99 Å². The maximum Gasteiger partial charge on any atom is 0.0683 e. The van der Waals surface area contributed by atoms with Gasteiger partial charge in [0.05, 0.1) is 10.7 Å². The second-order valence-electron chi connectivity index (χ2n) is 3.13. The van der Waals surface area contributed by atoms with Gasteiger partial charge < -0.3 is 0 Å². The fourth-order valence-corrected chi connectivity index (χ4v) is 1.23. The standard InChI is InChI=1S/C7H11NS/c1-7(2,8-5-9)6-3-4-6/h6H,3-4H2,1-2H3. The van der Waals surface area contributed by atoms with E-state index in [-0.39, 0.29) is 5.54 Å². The molecule has 0 atom stereocenters. The lowest BCUT2D eigenvalue weighted by Crippen LogP contribution is -2.18. The molecule has 1 rings (SSSR count). The highest BCUT2D eigenvalue weighted by molar-refractivity contribution is 7.78. The van der Waals surface area contributed by atoms with Crippen LogP contribution in [0.2, 0.25) is 0 Å². The van der Waals surface area contributed by atoms with E-state index in [4.69, 9.17) is 0 Å². The third-order valence-electron chi connectivity index (χ3n) is 1.91. The molecule has 0 aromatic heterocycles. The third kappa shape index (κ3) is 1.60. The lowest BCUT2D eigenvalue weighted by atomic mass is 10.0. The van der Waals surface area contributed by atoms with Crippen LogP contribution >= 0.6 is 12.2 Å². The molecule has 0 spiro atoms. The van der Waals surface area contributed by atoms with E-state index in [0.29, 0.717) is 0 Å². The quantitative estimate of drug-likeness (QED) is 0.424. The molecule has 1 fully saturated rings. The van der Waals surface area contributed by atoms with Gasteiger partial charge in [-0.25, -0.2) is 4.99 Å². The molecule has 0 heterocycles. The minimum Gasteiger partial charge on any atom is -0.226 e. The van der Waals surface area contributed by atoms with Gasteiger partial charge in [0.2, 0.25) is 0 Å². The highest BCUT2D eigenvalue weighted by Gasteiger charge is 2.37. The predicted octanol–water partition coefficient (Wildman–Crippen LogP) is 2.28. The van der Waals surface area contributed by atoms with Crippen molar-refractivity contribution in [2.75, 3.05) is 0 Å². The molecule has 0 aromatic carbocycles.